The van der Waals surface area contributed by atoms with Crippen LogP contribution in [0.25, 0.3) is 16.9 Å². The Bertz CT molecular complexity index is 1160. The third kappa shape index (κ3) is 3.73. The average Bonchev–Trinajstić information content (AvgIpc) is 2.72. The summed E-state index contributed by atoms with van der Waals surface area (Å²) in [5, 5.41) is 9.23. The van der Waals surface area contributed by atoms with E-state index in [1.165, 1.54) is 10.5 Å². The molecule has 6 nitrogen and oxygen atoms in total. The average molecular weight is 415 g/mol. The van der Waals surface area contributed by atoms with Gasteiger partial charge in [0.25, 0.3) is 5.56 Å². The number of rotatable bonds is 4. The van der Waals surface area contributed by atoms with Gasteiger partial charge in [0.2, 0.25) is 0 Å². The van der Waals surface area contributed by atoms with Gasteiger partial charge in [-0.15, -0.1) is 0 Å². The molecule has 0 amide bonds. The summed E-state index contributed by atoms with van der Waals surface area (Å²) in [6.07, 6.45) is 3.40. The van der Waals surface area contributed by atoms with Crippen LogP contribution in [-0.4, -0.2) is 38.8 Å². The number of aryl methyl sites for hydroxylation is 1. The van der Waals surface area contributed by atoms with Gasteiger partial charge in [0.1, 0.15) is 17.3 Å². The normalized spacial score (nSPS) is 19.4. The predicted octanol–water partition coefficient (Wildman–Crippen LogP) is 3.30. The van der Waals surface area contributed by atoms with E-state index >= 15 is 0 Å². The van der Waals surface area contributed by atoms with Crippen LogP contribution in [0.1, 0.15) is 42.1 Å². The highest BCUT2D eigenvalue weighted by atomic mass is 19.1. The molecule has 2 atom stereocenters. The lowest BCUT2D eigenvalue weighted by Gasteiger charge is -2.29. The quantitative estimate of drug-likeness (QED) is 0.708. The van der Waals surface area contributed by atoms with Crippen molar-refractivity contribution in [3.63, 3.8) is 0 Å². The minimum Gasteiger partial charge on any atom is -0.396 e. The van der Waals surface area contributed by atoms with Crippen molar-refractivity contribution in [2.24, 2.45) is 0 Å². The molecule has 1 N–H and O–H groups in total. The Morgan fingerprint density at radius 1 is 1.27 bits per heavy atom. The Balaban J connectivity index is 1.94. The summed E-state index contributed by atoms with van der Waals surface area (Å²) in [6.45, 7) is 3.94. The molecule has 30 heavy (non-hydrogen) atoms. The Morgan fingerprint density at radius 3 is 2.80 bits per heavy atom. The molecular formula is C22H23F2N3O3. The molecule has 0 aliphatic carbocycles. The Kier molecular flexibility index (Phi) is 5.62. The highest BCUT2D eigenvalue weighted by Crippen LogP contribution is 2.33. The smallest absolute Gasteiger partial charge is 0.261 e. The maximum atomic E-state index is 14.6. The number of aromatic nitrogens is 3. The lowest BCUT2D eigenvalue weighted by Crippen LogP contribution is -2.27. The maximum Gasteiger partial charge on any atom is 0.261 e. The second-order valence-electron chi connectivity index (χ2n) is 7.69. The number of ether oxygens (including phenoxy) is 1. The van der Waals surface area contributed by atoms with Gasteiger partial charge >= 0.3 is 0 Å². The Labute approximate surface area is 172 Å². The fraction of sp³-hybridized carbons (Fsp3) is 0.409. The van der Waals surface area contributed by atoms with Gasteiger partial charge in [-0.1, -0.05) is 0 Å². The van der Waals surface area contributed by atoms with E-state index < -0.39 is 11.6 Å². The van der Waals surface area contributed by atoms with Gasteiger partial charge in [0.05, 0.1) is 11.8 Å². The van der Waals surface area contributed by atoms with Crippen LogP contribution in [0, 0.1) is 25.5 Å². The topological polar surface area (TPSA) is 76.7 Å². The maximum absolute atomic E-state index is 14.6. The molecular weight excluding hydrogens is 392 g/mol. The fourth-order valence-electron chi connectivity index (χ4n) is 3.91. The number of fused-ring (bicyclic) bond motifs is 1. The van der Waals surface area contributed by atoms with Crippen LogP contribution in [0.2, 0.25) is 0 Å². The summed E-state index contributed by atoms with van der Waals surface area (Å²) in [7, 11) is 0. The first-order valence-corrected chi connectivity index (χ1v) is 9.97. The van der Waals surface area contributed by atoms with Gasteiger partial charge < -0.3 is 9.84 Å². The minimum absolute atomic E-state index is 0.0181. The van der Waals surface area contributed by atoms with Crippen LogP contribution >= 0.6 is 0 Å². The highest BCUT2D eigenvalue weighted by Gasteiger charge is 2.27. The van der Waals surface area contributed by atoms with E-state index in [-0.39, 0.29) is 41.1 Å². The van der Waals surface area contributed by atoms with Crippen molar-refractivity contribution in [3.8, 4) is 11.3 Å². The number of halogens is 2. The van der Waals surface area contributed by atoms with E-state index in [4.69, 9.17) is 4.74 Å². The Hall–Kier alpha value is -2.71. The van der Waals surface area contributed by atoms with Crippen LogP contribution in [0.5, 0.6) is 0 Å². The second kappa shape index (κ2) is 8.20. The zero-order valence-electron chi connectivity index (χ0n) is 16.9. The van der Waals surface area contributed by atoms with Crippen molar-refractivity contribution in [2.75, 3.05) is 13.2 Å². The lowest BCUT2D eigenvalue weighted by atomic mass is 9.91. The van der Waals surface area contributed by atoms with E-state index in [0.717, 1.165) is 12.1 Å². The first-order chi connectivity index (χ1) is 14.4. The lowest BCUT2D eigenvalue weighted by molar-refractivity contribution is -0.00707. The molecule has 1 aliphatic rings. The Morgan fingerprint density at radius 2 is 2.07 bits per heavy atom. The zero-order chi connectivity index (χ0) is 21.4. The standard InChI is InChI=1S/C22H23F2N3O3/c1-12-13(2)25-21-20(17-4-3-15(23)10-18(17)24)26-19(11-27(21)22(12)29)14-6-8-30-16(9-14)5-7-28/h3-4,10-11,14,16,28H,5-9H2,1-2H3. The SMILES string of the molecule is Cc1nc2c(-c3ccc(F)cc3F)nc(C3CCOC(CCO)C3)cn2c(=O)c1C. The molecule has 3 heterocycles. The number of aliphatic hydroxyl groups excluding tert-OH is 1. The molecule has 0 bridgehead atoms. The van der Waals surface area contributed by atoms with Crippen molar-refractivity contribution < 1.29 is 18.6 Å². The van der Waals surface area contributed by atoms with Crippen molar-refractivity contribution in [3.05, 3.63) is 63.3 Å². The third-order valence-electron chi connectivity index (χ3n) is 5.72. The first-order valence-electron chi connectivity index (χ1n) is 9.97. The monoisotopic (exact) mass is 415 g/mol. The summed E-state index contributed by atoms with van der Waals surface area (Å²) in [5.74, 6) is -1.47. The summed E-state index contributed by atoms with van der Waals surface area (Å²) in [4.78, 5) is 22.1. The van der Waals surface area contributed by atoms with Crippen LogP contribution < -0.4 is 5.56 Å². The number of benzene rings is 1. The van der Waals surface area contributed by atoms with Gasteiger partial charge in [-0.3, -0.25) is 9.20 Å². The summed E-state index contributed by atoms with van der Waals surface area (Å²) in [6, 6.07) is 3.27. The molecule has 3 aromatic rings. The molecule has 1 saturated heterocycles. The molecule has 8 heteroatoms. The zero-order valence-corrected chi connectivity index (χ0v) is 16.9. The number of nitrogens with zero attached hydrogens (tertiary/aromatic N) is 3. The predicted molar refractivity (Wildman–Crippen MR) is 108 cm³/mol. The minimum atomic E-state index is -0.765. The van der Waals surface area contributed by atoms with E-state index in [0.29, 0.717) is 42.8 Å². The molecule has 0 spiro atoms. The van der Waals surface area contributed by atoms with Crippen LogP contribution in [-0.2, 0) is 4.74 Å². The highest BCUT2D eigenvalue weighted by molar-refractivity contribution is 5.74. The number of hydrogen-bond donors (Lipinski definition) is 1. The van der Waals surface area contributed by atoms with Gasteiger partial charge in [0.15, 0.2) is 5.65 Å². The molecule has 2 aromatic heterocycles. The third-order valence-corrected chi connectivity index (χ3v) is 5.72. The molecule has 0 saturated carbocycles. The summed E-state index contributed by atoms with van der Waals surface area (Å²) in [5.41, 5.74) is 1.94. The number of aliphatic hydroxyl groups is 1. The first kappa shape index (κ1) is 20.6. The van der Waals surface area contributed by atoms with E-state index in [1.807, 2.05) is 0 Å². The molecule has 158 valence electrons. The van der Waals surface area contributed by atoms with Gasteiger partial charge in [-0.25, -0.2) is 18.7 Å². The van der Waals surface area contributed by atoms with Crippen LogP contribution in [0.3, 0.4) is 0 Å². The largest absolute Gasteiger partial charge is 0.396 e. The van der Waals surface area contributed by atoms with Crippen LogP contribution in [0.4, 0.5) is 8.78 Å². The van der Waals surface area contributed by atoms with Gasteiger partial charge in [-0.2, -0.15) is 0 Å². The van der Waals surface area contributed by atoms with Gasteiger partial charge in [0, 0.05) is 48.2 Å². The van der Waals surface area contributed by atoms with E-state index in [2.05, 4.69) is 9.97 Å². The molecule has 2 unspecified atom stereocenters. The molecule has 1 aliphatic heterocycles. The van der Waals surface area contributed by atoms with E-state index in [1.54, 1.807) is 20.0 Å². The number of hydrogen-bond acceptors (Lipinski definition) is 5. The van der Waals surface area contributed by atoms with Crippen molar-refractivity contribution in [1.29, 1.82) is 0 Å². The van der Waals surface area contributed by atoms with Crippen LogP contribution in [0.15, 0.2) is 29.2 Å². The second-order valence-corrected chi connectivity index (χ2v) is 7.69. The van der Waals surface area contributed by atoms with E-state index in [9.17, 15) is 18.7 Å². The molecule has 1 fully saturated rings. The van der Waals surface area contributed by atoms with Crippen molar-refractivity contribution in [1.82, 2.24) is 14.4 Å². The molecule has 0 radical (unpaired) electrons. The molecule has 1 aromatic carbocycles. The summed E-state index contributed by atoms with van der Waals surface area (Å²) >= 11 is 0. The van der Waals surface area contributed by atoms with Crippen molar-refractivity contribution >= 4 is 5.65 Å². The molecule has 4 rings (SSSR count). The fourth-order valence-corrected chi connectivity index (χ4v) is 3.91. The summed E-state index contributed by atoms with van der Waals surface area (Å²) < 4.78 is 35.2. The van der Waals surface area contributed by atoms with Gasteiger partial charge in [-0.05, 0) is 45.2 Å². The van der Waals surface area contributed by atoms with Crippen molar-refractivity contribution in [2.45, 2.75) is 45.1 Å².